The predicted octanol–water partition coefficient (Wildman–Crippen LogP) is 1.50. The Balaban J connectivity index is 1.73. The number of thioether (sulfide) groups is 1. The van der Waals surface area contributed by atoms with E-state index in [0.717, 1.165) is 5.52 Å². The molecule has 0 aliphatic heterocycles. The average Bonchev–Trinajstić information content (AvgIpc) is 2.90. The molecule has 3 aromatic rings. The van der Waals surface area contributed by atoms with Gasteiger partial charge in [-0.05, 0) is 18.2 Å². The first-order valence-corrected chi connectivity index (χ1v) is 7.86. The molecule has 1 aromatic carbocycles. The number of aromatic amines is 1. The van der Waals surface area contributed by atoms with Gasteiger partial charge in [-0.3, -0.25) is 4.79 Å². The second-order valence-corrected chi connectivity index (χ2v) is 5.68. The van der Waals surface area contributed by atoms with Crippen LogP contribution in [0.15, 0.2) is 23.4 Å². The summed E-state index contributed by atoms with van der Waals surface area (Å²) >= 11 is 1.18. The van der Waals surface area contributed by atoms with E-state index in [1.807, 2.05) is 0 Å². The molecule has 0 saturated carbocycles. The zero-order chi connectivity index (χ0) is 16.2. The summed E-state index contributed by atoms with van der Waals surface area (Å²) in [5.74, 6) is -0.285. The van der Waals surface area contributed by atoms with Crippen LogP contribution in [0.3, 0.4) is 0 Å². The second kappa shape index (κ2) is 6.88. The van der Waals surface area contributed by atoms with Crippen molar-refractivity contribution in [3.8, 4) is 0 Å². The van der Waals surface area contributed by atoms with Crippen molar-refractivity contribution >= 4 is 39.7 Å². The predicted molar refractivity (Wildman–Crippen MR) is 84.8 cm³/mol. The molecule has 0 fully saturated rings. The van der Waals surface area contributed by atoms with Crippen LogP contribution in [0.4, 0.5) is 4.39 Å². The van der Waals surface area contributed by atoms with Gasteiger partial charge in [0.2, 0.25) is 11.1 Å². The molecule has 0 bridgehead atoms. The van der Waals surface area contributed by atoms with Gasteiger partial charge in [-0.25, -0.2) is 9.37 Å². The van der Waals surface area contributed by atoms with Crippen molar-refractivity contribution in [1.82, 2.24) is 25.5 Å². The number of rotatable bonds is 6. The summed E-state index contributed by atoms with van der Waals surface area (Å²) in [6, 6.07) is 4.38. The highest BCUT2D eigenvalue weighted by atomic mass is 32.2. The minimum atomic E-state index is -0.341. The van der Waals surface area contributed by atoms with Crippen molar-refractivity contribution in [3.05, 3.63) is 24.0 Å². The van der Waals surface area contributed by atoms with Crippen LogP contribution in [0.1, 0.15) is 0 Å². The zero-order valence-electron chi connectivity index (χ0n) is 12.3. The Labute approximate surface area is 135 Å². The lowest BCUT2D eigenvalue weighted by Crippen LogP contribution is -2.28. The van der Waals surface area contributed by atoms with Crippen LogP contribution < -0.4 is 5.32 Å². The maximum absolute atomic E-state index is 13.3. The largest absolute Gasteiger partial charge is 0.383 e. The van der Waals surface area contributed by atoms with Gasteiger partial charge < -0.3 is 15.0 Å². The summed E-state index contributed by atoms with van der Waals surface area (Å²) < 4.78 is 18.2. The highest BCUT2D eigenvalue weighted by Gasteiger charge is 2.11. The fraction of sp³-hybridized carbons (Fsp3) is 0.286. The summed E-state index contributed by atoms with van der Waals surface area (Å²) in [7, 11) is 1.57. The van der Waals surface area contributed by atoms with Crippen LogP contribution in [0.2, 0.25) is 0 Å². The van der Waals surface area contributed by atoms with Crippen LogP contribution in [0.5, 0.6) is 0 Å². The molecule has 0 saturated heterocycles. The highest BCUT2D eigenvalue weighted by molar-refractivity contribution is 7.99. The first-order valence-electron chi connectivity index (χ1n) is 6.87. The summed E-state index contributed by atoms with van der Waals surface area (Å²) in [6.45, 7) is 0.924. The Morgan fingerprint density at radius 1 is 1.43 bits per heavy atom. The number of halogens is 1. The van der Waals surface area contributed by atoms with Crippen molar-refractivity contribution in [1.29, 1.82) is 0 Å². The number of benzene rings is 1. The summed E-state index contributed by atoms with van der Waals surface area (Å²) in [5.41, 5.74) is 1.76. The number of aromatic nitrogens is 4. The Morgan fingerprint density at radius 2 is 2.30 bits per heavy atom. The molecule has 0 atom stereocenters. The van der Waals surface area contributed by atoms with Gasteiger partial charge in [0.25, 0.3) is 0 Å². The van der Waals surface area contributed by atoms with E-state index < -0.39 is 0 Å². The first-order chi connectivity index (χ1) is 11.2. The number of carbonyl (C=O) groups is 1. The molecule has 7 nitrogen and oxygen atoms in total. The second-order valence-electron chi connectivity index (χ2n) is 4.74. The maximum atomic E-state index is 13.3. The monoisotopic (exact) mass is 335 g/mol. The number of hydrogen-bond donors (Lipinski definition) is 2. The summed E-state index contributed by atoms with van der Waals surface area (Å²) in [4.78, 5) is 19.0. The van der Waals surface area contributed by atoms with Gasteiger partial charge in [0.15, 0.2) is 5.65 Å². The Hall–Kier alpha value is -2.26. The number of H-pyrrole nitrogens is 1. The van der Waals surface area contributed by atoms with Gasteiger partial charge in [0.1, 0.15) is 11.3 Å². The molecule has 0 unspecified atom stereocenters. The quantitative estimate of drug-likeness (QED) is 0.524. The lowest BCUT2D eigenvalue weighted by molar-refractivity contribution is -0.118. The molecule has 23 heavy (non-hydrogen) atoms. The van der Waals surface area contributed by atoms with Gasteiger partial charge in [-0.1, -0.05) is 11.8 Å². The fourth-order valence-corrected chi connectivity index (χ4v) is 2.68. The van der Waals surface area contributed by atoms with Crippen molar-refractivity contribution in [2.24, 2.45) is 0 Å². The van der Waals surface area contributed by atoms with Gasteiger partial charge in [0, 0.05) is 24.6 Å². The molecule has 3 rings (SSSR count). The van der Waals surface area contributed by atoms with Crippen molar-refractivity contribution in [2.75, 3.05) is 26.0 Å². The summed E-state index contributed by atoms with van der Waals surface area (Å²) in [6.07, 6.45) is 0. The van der Waals surface area contributed by atoms with Crippen LogP contribution in [-0.4, -0.2) is 52.1 Å². The lowest BCUT2D eigenvalue weighted by atomic mass is 10.2. The number of hydrogen-bond acceptors (Lipinski definition) is 6. The molecule has 1 amide bonds. The van der Waals surface area contributed by atoms with E-state index in [1.165, 1.54) is 23.9 Å². The fourth-order valence-electron chi connectivity index (χ4n) is 2.06. The van der Waals surface area contributed by atoms with Gasteiger partial charge in [-0.2, -0.15) is 0 Å². The van der Waals surface area contributed by atoms with E-state index in [2.05, 4.69) is 25.5 Å². The van der Waals surface area contributed by atoms with Crippen LogP contribution in [0.25, 0.3) is 22.1 Å². The number of amides is 1. The Kier molecular flexibility index (Phi) is 4.68. The molecule has 2 N–H and O–H groups in total. The molecule has 0 aliphatic carbocycles. The molecule has 0 radical (unpaired) electrons. The number of nitrogens with one attached hydrogen (secondary N) is 2. The minimum absolute atomic E-state index is 0.130. The van der Waals surface area contributed by atoms with E-state index in [1.54, 1.807) is 13.2 Å². The Bertz CT molecular complexity index is 854. The van der Waals surface area contributed by atoms with E-state index in [-0.39, 0.29) is 17.5 Å². The third kappa shape index (κ3) is 3.57. The number of methoxy groups -OCH3 is 1. The molecular weight excluding hydrogens is 321 g/mol. The lowest BCUT2D eigenvalue weighted by Gasteiger charge is -2.03. The van der Waals surface area contributed by atoms with Gasteiger partial charge in [0.05, 0.1) is 12.4 Å². The number of nitrogens with zero attached hydrogens (tertiary/aromatic N) is 3. The molecule has 2 aromatic heterocycles. The SMILES string of the molecule is COCCNC(=O)CSc1nnc2c(n1)[nH]c1ccc(F)cc12. The van der Waals surface area contributed by atoms with E-state index in [0.29, 0.717) is 34.9 Å². The Morgan fingerprint density at radius 3 is 3.13 bits per heavy atom. The van der Waals surface area contributed by atoms with Crippen molar-refractivity contribution < 1.29 is 13.9 Å². The zero-order valence-corrected chi connectivity index (χ0v) is 13.1. The average molecular weight is 335 g/mol. The number of fused-ring (bicyclic) bond motifs is 3. The molecule has 9 heteroatoms. The first kappa shape index (κ1) is 15.6. The summed E-state index contributed by atoms with van der Waals surface area (Å²) in [5, 5.41) is 11.8. The van der Waals surface area contributed by atoms with Crippen LogP contribution in [-0.2, 0) is 9.53 Å². The van der Waals surface area contributed by atoms with Crippen LogP contribution in [0, 0.1) is 5.82 Å². The van der Waals surface area contributed by atoms with Crippen molar-refractivity contribution in [3.63, 3.8) is 0 Å². The normalized spacial score (nSPS) is 11.2. The molecule has 0 aliphatic rings. The maximum Gasteiger partial charge on any atom is 0.230 e. The molecule has 120 valence electrons. The third-order valence-electron chi connectivity index (χ3n) is 3.12. The minimum Gasteiger partial charge on any atom is -0.383 e. The van der Waals surface area contributed by atoms with Gasteiger partial charge in [-0.15, -0.1) is 10.2 Å². The van der Waals surface area contributed by atoms with Gasteiger partial charge >= 0.3 is 0 Å². The van der Waals surface area contributed by atoms with Crippen molar-refractivity contribution in [2.45, 2.75) is 5.16 Å². The van der Waals surface area contributed by atoms with E-state index in [4.69, 9.17) is 4.74 Å². The highest BCUT2D eigenvalue weighted by Crippen LogP contribution is 2.24. The number of ether oxygens (including phenoxy) is 1. The van der Waals surface area contributed by atoms with E-state index >= 15 is 0 Å². The standard InChI is InChI=1S/C14H14FN5O2S/c1-22-5-4-16-11(21)7-23-14-18-13-12(19-20-14)9-6-8(15)2-3-10(9)17-13/h2-3,6H,4-5,7H2,1H3,(H,16,21)(H,17,18,20). The topological polar surface area (TPSA) is 92.8 Å². The van der Waals surface area contributed by atoms with E-state index in [9.17, 15) is 9.18 Å². The molecular formula is C14H14FN5O2S. The number of carbonyl (C=O) groups excluding carboxylic acids is 1. The molecule has 0 spiro atoms. The molecule has 2 heterocycles. The smallest absolute Gasteiger partial charge is 0.230 e. The third-order valence-corrected chi connectivity index (χ3v) is 3.96. The van der Waals surface area contributed by atoms with Crippen LogP contribution >= 0.6 is 11.8 Å².